The van der Waals surface area contributed by atoms with Gasteiger partial charge in [-0.05, 0) is 55.4 Å². The Hall–Kier alpha value is -2.10. The molecule has 4 heteroatoms. The van der Waals surface area contributed by atoms with Gasteiger partial charge in [0.1, 0.15) is 0 Å². The lowest BCUT2D eigenvalue weighted by Crippen LogP contribution is -2.49. The molecule has 1 amide bonds. The zero-order valence-corrected chi connectivity index (χ0v) is 14.1. The minimum Gasteiger partial charge on any atom is -0.335 e. The first-order valence-electron chi connectivity index (χ1n) is 9.18. The van der Waals surface area contributed by atoms with Crippen molar-refractivity contribution in [3.05, 3.63) is 53.9 Å². The molecule has 2 aliphatic rings. The maximum absolute atomic E-state index is 13.0. The Morgan fingerprint density at radius 2 is 1.88 bits per heavy atom. The van der Waals surface area contributed by atoms with Gasteiger partial charge in [0.2, 0.25) is 0 Å². The Morgan fingerprint density at radius 3 is 2.67 bits per heavy atom. The number of amides is 1. The first-order valence-corrected chi connectivity index (χ1v) is 9.18. The van der Waals surface area contributed by atoms with E-state index in [0.29, 0.717) is 6.04 Å². The molecule has 1 saturated heterocycles. The van der Waals surface area contributed by atoms with Crippen molar-refractivity contribution in [1.29, 1.82) is 0 Å². The molecule has 2 aromatic rings. The van der Waals surface area contributed by atoms with Crippen molar-refractivity contribution in [2.24, 2.45) is 5.92 Å². The third-order valence-electron chi connectivity index (χ3n) is 5.61. The standard InChI is InChI=1S/C20H25N3O/c24-20(23-14-3-6-17-5-1-2-7-19(17)23)18-10-8-16(9-11-18)15-22-13-4-12-21-22/h4,8-13,17,19H,1-3,5-7,14-15H2/t17-,19+/m1/s1. The largest absolute Gasteiger partial charge is 0.335 e. The number of rotatable bonds is 3. The van der Waals surface area contributed by atoms with Gasteiger partial charge < -0.3 is 4.90 Å². The summed E-state index contributed by atoms with van der Waals surface area (Å²) in [6.45, 7) is 1.67. The molecule has 1 saturated carbocycles. The van der Waals surface area contributed by atoms with Gasteiger partial charge in [-0.1, -0.05) is 25.0 Å². The second-order valence-electron chi connectivity index (χ2n) is 7.15. The second-order valence-corrected chi connectivity index (χ2v) is 7.15. The normalized spacial score (nSPS) is 23.8. The maximum Gasteiger partial charge on any atom is 0.254 e. The molecule has 0 radical (unpaired) electrons. The summed E-state index contributed by atoms with van der Waals surface area (Å²) in [5.74, 6) is 0.952. The van der Waals surface area contributed by atoms with E-state index in [1.807, 2.05) is 29.1 Å². The monoisotopic (exact) mass is 323 g/mol. The van der Waals surface area contributed by atoms with Crippen molar-refractivity contribution in [2.75, 3.05) is 6.54 Å². The summed E-state index contributed by atoms with van der Waals surface area (Å²) in [5.41, 5.74) is 2.00. The first-order chi connectivity index (χ1) is 11.8. The molecule has 1 aliphatic heterocycles. The molecule has 0 bridgehead atoms. The van der Waals surface area contributed by atoms with Crippen molar-refractivity contribution in [1.82, 2.24) is 14.7 Å². The number of likely N-dealkylation sites (tertiary alicyclic amines) is 1. The summed E-state index contributed by atoms with van der Waals surface area (Å²) in [7, 11) is 0. The van der Waals surface area contributed by atoms with Crippen molar-refractivity contribution in [3.8, 4) is 0 Å². The summed E-state index contributed by atoms with van der Waals surface area (Å²) in [6.07, 6.45) is 11.3. The maximum atomic E-state index is 13.0. The molecule has 4 rings (SSSR count). The molecular weight excluding hydrogens is 298 g/mol. The van der Waals surface area contributed by atoms with E-state index < -0.39 is 0 Å². The van der Waals surface area contributed by atoms with E-state index in [-0.39, 0.29) is 5.91 Å². The summed E-state index contributed by atoms with van der Waals surface area (Å²) in [6, 6.07) is 10.5. The molecule has 0 unspecified atom stereocenters. The van der Waals surface area contributed by atoms with E-state index in [1.54, 1.807) is 6.20 Å². The van der Waals surface area contributed by atoms with E-state index in [4.69, 9.17) is 0 Å². The lowest BCUT2D eigenvalue weighted by atomic mass is 9.78. The van der Waals surface area contributed by atoms with Crippen LogP contribution in [0.2, 0.25) is 0 Å². The lowest BCUT2D eigenvalue weighted by Gasteiger charge is -2.44. The number of carbonyl (C=O) groups is 1. The van der Waals surface area contributed by atoms with Gasteiger partial charge in [0.15, 0.2) is 0 Å². The zero-order chi connectivity index (χ0) is 16.4. The van der Waals surface area contributed by atoms with Crippen LogP contribution in [0.25, 0.3) is 0 Å². The van der Waals surface area contributed by atoms with E-state index in [2.05, 4.69) is 22.1 Å². The molecule has 2 fully saturated rings. The molecule has 0 N–H and O–H groups in total. The molecule has 4 nitrogen and oxygen atoms in total. The Morgan fingerprint density at radius 1 is 1.08 bits per heavy atom. The van der Waals surface area contributed by atoms with Gasteiger partial charge in [-0.15, -0.1) is 0 Å². The molecule has 126 valence electrons. The third-order valence-corrected chi connectivity index (χ3v) is 5.61. The Bertz CT molecular complexity index is 675. The first kappa shape index (κ1) is 15.4. The van der Waals surface area contributed by atoms with Crippen LogP contribution in [-0.4, -0.2) is 33.2 Å². The Kier molecular flexibility index (Phi) is 4.37. The number of fused-ring (bicyclic) bond motifs is 1. The summed E-state index contributed by atoms with van der Waals surface area (Å²) in [4.78, 5) is 15.2. The Labute approximate surface area is 143 Å². The van der Waals surface area contributed by atoms with Gasteiger partial charge in [0.05, 0.1) is 6.54 Å². The molecule has 1 aromatic carbocycles. The van der Waals surface area contributed by atoms with Crippen LogP contribution >= 0.6 is 0 Å². The van der Waals surface area contributed by atoms with Crippen LogP contribution in [0.5, 0.6) is 0 Å². The van der Waals surface area contributed by atoms with Crippen LogP contribution < -0.4 is 0 Å². The van der Waals surface area contributed by atoms with E-state index in [9.17, 15) is 4.79 Å². The third kappa shape index (κ3) is 3.10. The minimum atomic E-state index is 0.220. The van der Waals surface area contributed by atoms with Gasteiger partial charge >= 0.3 is 0 Å². The number of piperidine rings is 1. The lowest BCUT2D eigenvalue weighted by molar-refractivity contribution is 0.0390. The molecular formula is C20H25N3O. The highest BCUT2D eigenvalue weighted by Gasteiger charge is 2.35. The summed E-state index contributed by atoms with van der Waals surface area (Å²) >= 11 is 0. The topological polar surface area (TPSA) is 38.1 Å². The molecule has 2 atom stereocenters. The number of hydrogen-bond acceptors (Lipinski definition) is 2. The molecule has 1 aliphatic carbocycles. The SMILES string of the molecule is O=C(c1ccc(Cn2cccn2)cc1)N1CCC[C@H]2CCCC[C@@H]21. The van der Waals surface area contributed by atoms with Crippen LogP contribution in [0, 0.1) is 5.92 Å². The average molecular weight is 323 g/mol. The van der Waals surface area contributed by atoms with Crippen LogP contribution in [-0.2, 0) is 6.54 Å². The van der Waals surface area contributed by atoms with Crippen molar-refractivity contribution in [3.63, 3.8) is 0 Å². The van der Waals surface area contributed by atoms with Crippen molar-refractivity contribution < 1.29 is 4.79 Å². The van der Waals surface area contributed by atoms with Crippen LogP contribution in [0.1, 0.15) is 54.4 Å². The second kappa shape index (κ2) is 6.80. The van der Waals surface area contributed by atoms with Crippen LogP contribution in [0.15, 0.2) is 42.7 Å². The smallest absolute Gasteiger partial charge is 0.254 e. The number of carbonyl (C=O) groups excluding carboxylic acids is 1. The number of hydrogen-bond donors (Lipinski definition) is 0. The van der Waals surface area contributed by atoms with Gasteiger partial charge in [-0.2, -0.15) is 5.10 Å². The van der Waals surface area contributed by atoms with Gasteiger partial charge in [-0.25, -0.2) is 0 Å². The summed E-state index contributed by atoms with van der Waals surface area (Å²) in [5, 5.41) is 4.23. The fraction of sp³-hybridized carbons (Fsp3) is 0.500. The fourth-order valence-corrected chi connectivity index (χ4v) is 4.38. The molecule has 0 spiro atoms. The van der Waals surface area contributed by atoms with Gasteiger partial charge in [0, 0.05) is 30.5 Å². The van der Waals surface area contributed by atoms with Crippen LogP contribution in [0.4, 0.5) is 0 Å². The van der Waals surface area contributed by atoms with Gasteiger partial charge in [0.25, 0.3) is 5.91 Å². The summed E-state index contributed by atoms with van der Waals surface area (Å²) < 4.78 is 1.90. The highest BCUT2D eigenvalue weighted by atomic mass is 16.2. The molecule has 2 heterocycles. The highest BCUT2D eigenvalue weighted by Crippen LogP contribution is 2.35. The molecule has 24 heavy (non-hydrogen) atoms. The Balaban J connectivity index is 1.47. The fourth-order valence-electron chi connectivity index (χ4n) is 4.38. The van der Waals surface area contributed by atoms with Gasteiger partial charge in [-0.3, -0.25) is 9.48 Å². The highest BCUT2D eigenvalue weighted by molar-refractivity contribution is 5.94. The van der Waals surface area contributed by atoms with E-state index in [0.717, 1.165) is 31.0 Å². The average Bonchev–Trinajstić information content (AvgIpc) is 3.14. The predicted octanol–water partition coefficient (Wildman–Crippen LogP) is 3.73. The minimum absolute atomic E-state index is 0.220. The zero-order valence-electron chi connectivity index (χ0n) is 14.1. The molecule has 1 aromatic heterocycles. The van der Waals surface area contributed by atoms with E-state index in [1.165, 1.54) is 37.7 Å². The van der Waals surface area contributed by atoms with Crippen molar-refractivity contribution >= 4 is 5.91 Å². The van der Waals surface area contributed by atoms with Crippen LogP contribution in [0.3, 0.4) is 0 Å². The van der Waals surface area contributed by atoms with E-state index >= 15 is 0 Å². The number of nitrogens with zero attached hydrogens (tertiary/aromatic N) is 3. The number of aromatic nitrogens is 2. The van der Waals surface area contributed by atoms with Crippen molar-refractivity contribution in [2.45, 2.75) is 51.1 Å². The number of benzene rings is 1. The quantitative estimate of drug-likeness (QED) is 0.863. The predicted molar refractivity (Wildman–Crippen MR) is 93.8 cm³/mol.